The molecule has 0 spiro atoms. The van der Waals surface area contributed by atoms with Crippen LogP contribution in [0.4, 0.5) is 0 Å². The highest BCUT2D eigenvalue weighted by Gasteiger charge is 1.97. The Morgan fingerprint density at radius 2 is 2.27 bits per heavy atom. The highest BCUT2D eigenvalue weighted by Crippen LogP contribution is 2.11. The Balaban J connectivity index is 2.86. The molecule has 2 aromatic heterocycles. The average Bonchev–Trinajstić information content (AvgIpc) is 2.32. The largest absolute Gasteiger partial charge is 0.305 e. The number of nitrogens with zero attached hydrogens (tertiary/aromatic N) is 2. The summed E-state index contributed by atoms with van der Waals surface area (Å²) in [6.45, 7) is 2.02. The lowest BCUT2D eigenvalue weighted by Crippen LogP contribution is -1.82. The highest BCUT2D eigenvalue weighted by atomic mass is 127. The predicted octanol–water partition coefficient (Wildman–Crippen LogP) is 2.25. The first kappa shape index (κ1) is 7.09. The van der Waals surface area contributed by atoms with Crippen molar-refractivity contribution in [3.8, 4) is 0 Å². The number of aromatic nitrogens is 2. The summed E-state index contributed by atoms with van der Waals surface area (Å²) in [6, 6.07) is 4.18. The smallest absolute Gasteiger partial charge is 0.0995 e. The molecule has 2 heterocycles. The third-order valence-corrected chi connectivity index (χ3v) is 2.33. The molecule has 0 saturated heterocycles. The highest BCUT2D eigenvalue weighted by molar-refractivity contribution is 14.1. The number of hydrogen-bond acceptors (Lipinski definition) is 1. The maximum absolute atomic E-state index is 4.20. The summed E-state index contributed by atoms with van der Waals surface area (Å²) < 4.78 is 3.27. The molecule has 0 fully saturated rings. The second-order valence-electron chi connectivity index (χ2n) is 2.47. The van der Waals surface area contributed by atoms with Crippen LogP contribution in [-0.4, -0.2) is 9.38 Å². The van der Waals surface area contributed by atoms with Crippen LogP contribution < -0.4 is 0 Å². The van der Waals surface area contributed by atoms with Gasteiger partial charge in [-0.3, -0.25) is 0 Å². The molecule has 11 heavy (non-hydrogen) atoms. The normalized spacial score (nSPS) is 10.7. The van der Waals surface area contributed by atoms with Gasteiger partial charge < -0.3 is 4.40 Å². The van der Waals surface area contributed by atoms with Gasteiger partial charge in [0.1, 0.15) is 0 Å². The monoisotopic (exact) mass is 258 g/mol. The molecule has 0 bridgehead atoms. The summed E-state index contributed by atoms with van der Waals surface area (Å²) in [5.74, 6) is 0. The standard InChI is InChI=1S/C8H7IN2/c1-6-8-3-2-7(9)4-11(8)5-10-6/h2-5H,1H3. The summed E-state index contributed by atoms with van der Waals surface area (Å²) in [5, 5.41) is 0. The van der Waals surface area contributed by atoms with Crippen LogP contribution in [0.2, 0.25) is 0 Å². The molecule has 2 aromatic rings. The first-order valence-corrected chi connectivity index (χ1v) is 4.44. The third kappa shape index (κ3) is 1.13. The first-order valence-electron chi connectivity index (χ1n) is 3.36. The number of fused-ring (bicyclic) bond motifs is 1. The molecular formula is C8H7IN2. The minimum absolute atomic E-state index is 1.08. The van der Waals surface area contributed by atoms with Crippen molar-refractivity contribution in [2.75, 3.05) is 0 Å². The lowest BCUT2D eigenvalue weighted by molar-refractivity contribution is 1.14. The average molecular weight is 258 g/mol. The van der Waals surface area contributed by atoms with E-state index in [1.165, 1.54) is 9.09 Å². The summed E-state index contributed by atoms with van der Waals surface area (Å²) in [4.78, 5) is 4.20. The maximum atomic E-state index is 4.20. The van der Waals surface area contributed by atoms with E-state index < -0.39 is 0 Å². The van der Waals surface area contributed by atoms with E-state index in [-0.39, 0.29) is 0 Å². The van der Waals surface area contributed by atoms with Crippen LogP contribution in [0.5, 0.6) is 0 Å². The topological polar surface area (TPSA) is 17.3 Å². The molecule has 0 amide bonds. The molecule has 2 nitrogen and oxygen atoms in total. The van der Waals surface area contributed by atoms with Gasteiger partial charge in [-0.1, -0.05) is 0 Å². The van der Waals surface area contributed by atoms with Crippen molar-refractivity contribution in [3.05, 3.63) is 33.9 Å². The lowest BCUT2D eigenvalue weighted by Gasteiger charge is -1.93. The summed E-state index contributed by atoms with van der Waals surface area (Å²) >= 11 is 2.29. The predicted molar refractivity (Wildman–Crippen MR) is 52.6 cm³/mol. The van der Waals surface area contributed by atoms with Crippen molar-refractivity contribution in [1.29, 1.82) is 0 Å². The van der Waals surface area contributed by atoms with Gasteiger partial charge in [-0.25, -0.2) is 4.98 Å². The number of halogens is 1. The van der Waals surface area contributed by atoms with Gasteiger partial charge in [0.05, 0.1) is 17.5 Å². The molecule has 0 aliphatic heterocycles. The van der Waals surface area contributed by atoms with Gasteiger partial charge in [-0.2, -0.15) is 0 Å². The van der Waals surface area contributed by atoms with E-state index in [0.717, 1.165) is 5.69 Å². The van der Waals surface area contributed by atoms with Crippen LogP contribution in [0.3, 0.4) is 0 Å². The fourth-order valence-corrected chi connectivity index (χ4v) is 1.59. The van der Waals surface area contributed by atoms with E-state index in [1.54, 1.807) is 0 Å². The zero-order valence-corrected chi connectivity index (χ0v) is 8.24. The van der Waals surface area contributed by atoms with E-state index in [4.69, 9.17) is 0 Å². The second kappa shape index (κ2) is 2.48. The van der Waals surface area contributed by atoms with Crippen LogP contribution in [0.1, 0.15) is 5.69 Å². The summed E-state index contributed by atoms with van der Waals surface area (Å²) in [5.41, 5.74) is 2.27. The number of rotatable bonds is 0. The minimum atomic E-state index is 1.08. The Morgan fingerprint density at radius 1 is 1.45 bits per heavy atom. The number of aryl methyl sites for hydroxylation is 1. The van der Waals surface area contributed by atoms with Gasteiger partial charge >= 0.3 is 0 Å². The fourth-order valence-electron chi connectivity index (χ4n) is 1.11. The van der Waals surface area contributed by atoms with Crippen molar-refractivity contribution in [2.24, 2.45) is 0 Å². The van der Waals surface area contributed by atoms with Crippen LogP contribution in [0, 0.1) is 10.5 Å². The van der Waals surface area contributed by atoms with Gasteiger partial charge in [0, 0.05) is 9.77 Å². The Bertz CT molecular complexity index is 392. The molecule has 0 radical (unpaired) electrons. The Morgan fingerprint density at radius 3 is 3.09 bits per heavy atom. The minimum Gasteiger partial charge on any atom is -0.305 e. The van der Waals surface area contributed by atoms with E-state index in [0.29, 0.717) is 0 Å². The van der Waals surface area contributed by atoms with Crippen molar-refractivity contribution < 1.29 is 0 Å². The fraction of sp³-hybridized carbons (Fsp3) is 0.125. The van der Waals surface area contributed by atoms with Crippen molar-refractivity contribution in [2.45, 2.75) is 6.92 Å². The molecule has 0 aliphatic carbocycles. The zero-order chi connectivity index (χ0) is 7.84. The van der Waals surface area contributed by atoms with Crippen molar-refractivity contribution >= 4 is 28.1 Å². The molecule has 2 rings (SSSR count). The van der Waals surface area contributed by atoms with Crippen LogP contribution in [0.15, 0.2) is 24.7 Å². The molecule has 0 saturated carbocycles. The Hall–Kier alpha value is -0.580. The molecule has 0 aromatic carbocycles. The van der Waals surface area contributed by atoms with E-state index in [1.807, 2.05) is 17.7 Å². The van der Waals surface area contributed by atoms with Crippen molar-refractivity contribution in [3.63, 3.8) is 0 Å². The molecule has 56 valence electrons. The summed E-state index contributed by atoms with van der Waals surface area (Å²) in [6.07, 6.45) is 3.91. The van der Waals surface area contributed by atoms with Gasteiger partial charge in [-0.05, 0) is 41.6 Å². The molecule has 0 aliphatic rings. The third-order valence-electron chi connectivity index (χ3n) is 1.69. The SMILES string of the molecule is Cc1ncn2cc(I)ccc12. The molecule has 0 atom stereocenters. The Kier molecular flexibility index (Phi) is 1.60. The Labute approximate surface area is 78.4 Å². The van der Waals surface area contributed by atoms with Gasteiger partial charge in [-0.15, -0.1) is 0 Å². The quantitative estimate of drug-likeness (QED) is 0.662. The first-order chi connectivity index (χ1) is 5.27. The second-order valence-corrected chi connectivity index (χ2v) is 3.72. The summed E-state index contributed by atoms with van der Waals surface area (Å²) in [7, 11) is 0. The van der Waals surface area contributed by atoms with Gasteiger partial charge in [0.2, 0.25) is 0 Å². The molecule has 3 heteroatoms. The number of imidazole rings is 1. The lowest BCUT2D eigenvalue weighted by atomic mass is 10.3. The van der Waals surface area contributed by atoms with Gasteiger partial charge in [0.25, 0.3) is 0 Å². The van der Waals surface area contributed by atoms with E-state index in [9.17, 15) is 0 Å². The maximum Gasteiger partial charge on any atom is 0.0995 e. The van der Waals surface area contributed by atoms with Crippen LogP contribution in [0.25, 0.3) is 5.52 Å². The van der Waals surface area contributed by atoms with E-state index in [2.05, 4.69) is 45.9 Å². The number of hydrogen-bond donors (Lipinski definition) is 0. The zero-order valence-electron chi connectivity index (χ0n) is 6.08. The number of pyridine rings is 1. The molecular weight excluding hydrogens is 251 g/mol. The van der Waals surface area contributed by atoms with Gasteiger partial charge in [0.15, 0.2) is 0 Å². The van der Waals surface area contributed by atoms with Crippen LogP contribution in [-0.2, 0) is 0 Å². The van der Waals surface area contributed by atoms with Crippen molar-refractivity contribution in [1.82, 2.24) is 9.38 Å². The molecule has 0 unspecified atom stereocenters. The van der Waals surface area contributed by atoms with Crippen LogP contribution >= 0.6 is 22.6 Å². The van der Waals surface area contributed by atoms with E-state index >= 15 is 0 Å². The molecule has 0 N–H and O–H groups in total.